The molecule has 0 aliphatic heterocycles. The average molecular weight is 1040 g/mol. The van der Waals surface area contributed by atoms with Crippen LogP contribution in [-0.4, -0.2) is 170 Å². The minimum Gasteiger partial charge on any atom is -0.479 e. The van der Waals surface area contributed by atoms with E-state index in [1.807, 2.05) is 102 Å². The van der Waals surface area contributed by atoms with Crippen LogP contribution in [0.25, 0.3) is 22.3 Å². The van der Waals surface area contributed by atoms with Crippen molar-refractivity contribution in [2.24, 2.45) is 0 Å². The van der Waals surface area contributed by atoms with Crippen molar-refractivity contribution in [1.82, 2.24) is 21.3 Å². The van der Waals surface area contributed by atoms with Crippen LogP contribution in [0.4, 0.5) is 9.59 Å². The lowest BCUT2D eigenvalue weighted by Crippen LogP contribution is -2.50. The molecule has 7 rings (SSSR count). The lowest BCUT2D eigenvalue weighted by Gasteiger charge is -2.21. The van der Waals surface area contributed by atoms with Crippen LogP contribution in [0.1, 0.15) is 39.7 Å². The van der Waals surface area contributed by atoms with Gasteiger partial charge < -0.3 is 81.4 Å². The maximum atomic E-state index is 12.3. The molecule has 398 valence electrons. The number of esters is 1. The topological polar surface area (TPSA) is 360 Å². The number of rotatable bonds is 22. The Bertz CT molecular complexity index is 2670. The maximum Gasteiger partial charge on any atom is 0.407 e. The Balaban J connectivity index is 0.000000248. The Hall–Kier alpha value is -7.80. The van der Waals surface area contributed by atoms with Crippen molar-refractivity contribution in [2.45, 2.75) is 67.3 Å². The monoisotopic (exact) mass is 1040 g/mol. The van der Waals surface area contributed by atoms with Gasteiger partial charge in [-0.3, -0.25) is 9.59 Å². The van der Waals surface area contributed by atoms with Crippen molar-refractivity contribution >= 4 is 35.9 Å². The van der Waals surface area contributed by atoms with Crippen molar-refractivity contribution in [1.29, 1.82) is 0 Å². The van der Waals surface area contributed by atoms with E-state index in [4.69, 9.17) is 24.4 Å². The number of carbonyl (C=O) groups is 6. The van der Waals surface area contributed by atoms with Crippen LogP contribution in [0.15, 0.2) is 127 Å². The summed E-state index contributed by atoms with van der Waals surface area (Å²) in [5, 5.41) is 96.1. The third-order valence-electron chi connectivity index (χ3n) is 12.3. The van der Waals surface area contributed by atoms with E-state index in [2.05, 4.69) is 16.0 Å². The fourth-order valence-corrected chi connectivity index (χ4v) is 8.20. The summed E-state index contributed by atoms with van der Waals surface area (Å²) in [5.41, 5.74) is 9.14. The zero-order chi connectivity index (χ0) is 54.2. The summed E-state index contributed by atoms with van der Waals surface area (Å²) >= 11 is 0. The predicted octanol–water partition coefficient (Wildman–Crippen LogP) is -0.00220. The molecule has 0 bridgehead atoms. The number of amides is 4. The number of hydrogen-bond donors (Lipinski definition) is 13. The van der Waals surface area contributed by atoms with Crippen LogP contribution in [0.3, 0.4) is 0 Å². The first kappa shape index (κ1) is 56.5. The molecule has 2 aliphatic rings. The van der Waals surface area contributed by atoms with E-state index in [1.54, 1.807) is 30.3 Å². The molecule has 0 aromatic heterocycles. The zero-order valence-electron chi connectivity index (χ0n) is 40.0. The third kappa shape index (κ3) is 14.9. The standard InChI is InChI=1S/C30H32N2O9.C23H26N2O9/c33-24(14-31-28(37)26(35)27(36)29(38)40-16-18-8-2-1-3-9-18)25(34)15-32-30(39)41-17-23-21-12-6-4-10-19(21)20-11-5-7-13-22(20)23;26-17(9-24-21(30)19(28)20(29)22(31)32)18(27)10-25-23(33)34-11-16-14-7-3-1-5-12(14)13-6-2-4-8-15(13)16/h1-13,23-27,33-36H,14-17H2,(H,31,37)(H,32,39);1-8,16-20,26-29H,9-11H2,(H,24,30)(H,25,33)(H,31,32)/t24-,25+,26-,27+;17-,18+,19-,20+/m11/s1. The highest BCUT2D eigenvalue weighted by atomic mass is 16.6. The van der Waals surface area contributed by atoms with Crippen molar-refractivity contribution in [3.63, 3.8) is 0 Å². The van der Waals surface area contributed by atoms with E-state index in [0.717, 1.165) is 44.5 Å². The first-order valence-electron chi connectivity index (χ1n) is 23.6. The second kappa shape index (κ2) is 26.9. The molecule has 5 aromatic carbocycles. The number of aliphatic hydroxyl groups is 8. The van der Waals surface area contributed by atoms with E-state index in [9.17, 15) is 64.5 Å². The Morgan fingerprint density at radius 2 is 0.720 bits per heavy atom. The zero-order valence-corrected chi connectivity index (χ0v) is 40.0. The molecule has 0 fully saturated rings. The van der Waals surface area contributed by atoms with Gasteiger partial charge in [0.05, 0.1) is 24.4 Å². The van der Waals surface area contributed by atoms with Gasteiger partial charge in [0.15, 0.2) is 24.4 Å². The van der Waals surface area contributed by atoms with Crippen molar-refractivity contribution < 1.29 is 88.9 Å². The Kier molecular flexibility index (Phi) is 20.3. The molecule has 22 heteroatoms. The summed E-state index contributed by atoms with van der Waals surface area (Å²) in [5.74, 6) is -5.69. The number of carbonyl (C=O) groups excluding carboxylic acids is 5. The molecule has 0 unspecified atom stereocenters. The highest BCUT2D eigenvalue weighted by Crippen LogP contribution is 2.45. The largest absolute Gasteiger partial charge is 0.479 e. The Morgan fingerprint density at radius 1 is 0.400 bits per heavy atom. The van der Waals surface area contributed by atoms with Gasteiger partial charge >= 0.3 is 24.1 Å². The summed E-state index contributed by atoms with van der Waals surface area (Å²) in [7, 11) is 0. The summed E-state index contributed by atoms with van der Waals surface area (Å²) in [4.78, 5) is 70.7. The van der Waals surface area contributed by atoms with E-state index in [0.29, 0.717) is 5.56 Å². The van der Waals surface area contributed by atoms with E-state index in [1.165, 1.54) is 0 Å². The Morgan fingerprint density at radius 3 is 1.08 bits per heavy atom. The van der Waals surface area contributed by atoms with Crippen LogP contribution < -0.4 is 21.3 Å². The molecular weight excluding hydrogens is 981 g/mol. The molecule has 0 spiro atoms. The van der Waals surface area contributed by atoms with Crippen LogP contribution >= 0.6 is 0 Å². The lowest BCUT2D eigenvalue weighted by molar-refractivity contribution is -0.165. The smallest absolute Gasteiger partial charge is 0.407 e. The number of alkyl carbamates (subject to hydrolysis) is 2. The normalized spacial score (nSPS) is 15.4. The average Bonchev–Trinajstić information content (AvgIpc) is 3.93. The van der Waals surface area contributed by atoms with E-state index < -0.39 is 104 Å². The molecule has 0 heterocycles. The van der Waals surface area contributed by atoms with Gasteiger partial charge in [-0.15, -0.1) is 0 Å². The molecule has 13 N–H and O–H groups in total. The third-order valence-corrected chi connectivity index (χ3v) is 12.3. The van der Waals surface area contributed by atoms with Crippen molar-refractivity contribution in [2.75, 3.05) is 39.4 Å². The van der Waals surface area contributed by atoms with Gasteiger partial charge in [0.25, 0.3) is 11.8 Å². The number of fused-ring (bicyclic) bond motifs is 6. The summed E-state index contributed by atoms with van der Waals surface area (Å²) in [6, 6.07) is 40.0. The van der Waals surface area contributed by atoms with Crippen LogP contribution in [0.5, 0.6) is 0 Å². The number of hydrogen-bond acceptors (Lipinski definition) is 17. The molecule has 0 saturated carbocycles. The van der Waals surface area contributed by atoms with Crippen LogP contribution in [0, 0.1) is 0 Å². The minimum absolute atomic E-state index is 0.0678. The van der Waals surface area contributed by atoms with Gasteiger partial charge in [0, 0.05) is 38.0 Å². The quantitative estimate of drug-likeness (QED) is 0.0320. The first-order valence-corrected chi connectivity index (χ1v) is 23.6. The molecule has 75 heavy (non-hydrogen) atoms. The van der Waals surface area contributed by atoms with Crippen molar-refractivity contribution in [3.05, 3.63) is 155 Å². The van der Waals surface area contributed by atoms with Gasteiger partial charge in [0.2, 0.25) is 0 Å². The number of aliphatic carboxylic acids is 1. The fourth-order valence-electron chi connectivity index (χ4n) is 8.20. The summed E-state index contributed by atoms with van der Waals surface area (Å²) < 4.78 is 15.6. The van der Waals surface area contributed by atoms with Gasteiger partial charge in [-0.25, -0.2) is 19.2 Å². The van der Waals surface area contributed by atoms with Gasteiger partial charge in [-0.1, -0.05) is 127 Å². The molecule has 4 amide bonds. The molecule has 22 nitrogen and oxygen atoms in total. The van der Waals surface area contributed by atoms with E-state index in [-0.39, 0.29) is 38.2 Å². The predicted molar refractivity (Wildman–Crippen MR) is 264 cm³/mol. The van der Waals surface area contributed by atoms with Gasteiger partial charge in [0.1, 0.15) is 19.8 Å². The molecule has 5 aromatic rings. The number of carboxylic acids is 1. The number of carboxylic acid groups (broad SMARTS) is 1. The minimum atomic E-state index is -2.34. The van der Waals surface area contributed by atoms with E-state index >= 15 is 0 Å². The number of aliphatic hydroxyl groups excluding tert-OH is 8. The molecular formula is C53H58N4O18. The molecule has 2 aliphatic carbocycles. The molecule has 0 radical (unpaired) electrons. The first-order chi connectivity index (χ1) is 36.0. The van der Waals surface area contributed by atoms with Crippen LogP contribution in [-0.2, 0) is 40.0 Å². The highest BCUT2D eigenvalue weighted by Gasteiger charge is 2.34. The van der Waals surface area contributed by atoms with Gasteiger partial charge in [-0.05, 0) is 50.1 Å². The fraction of sp³-hybridized carbons (Fsp3) is 0.321. The number of benzene rings is 5. The highest BCUT2D eigenvalue weighted by molar-refractivity contribution is 5.89. The lowest BCUT2D eigenvalue weighted by atomic mass is 9.98. The van der Waals surface area contributed by atoms with Gasteiger partial charge in [-0.2, -0.15) is 0 Å². The maximum absolute atomic E-state index is 12.3. The second-order valence-electron chi connectivity index (χ2n) is 17.4. The number of nitrogens with one attached hydrogen (secondary N) is 4. The molecule has 0 saturated heterocycles. The molecule has 8 atom stereocenters. The second-order valence-corrected chi connectivity index (χ2v) is 17.4. The van der Waals surface area contributed by atoms with Crippen LogP contribution in [0.2, 0.25) is 0 Å². The Labute approximate surface area is 429 Å². The summed E-state index contributed by atoms with van der Waals surface area (Å²) in [6.07, 6.45) is -16.6. The number of ether oxygens (including phenoxy) is 3. The van der Waals surface area contributed by atoms with Crippen molar-refractivity contribution in [3.8, 4) is 22.3 Å². The SMILES string of the molecule is O=C(NC[C@H](O)[C@H](O)CNC(=O)[C@H](O)[C@H](O)C(=O)O)OCC1c2ccccc2-c2ccccc21.O=C(NC[C@H](O)[C@H](O)CNC(=O)[C@H](O)[C@H](O)C(=O)OCc1ccccc1)OCC1c2ccccc2-c2ccccc21. The summed E-state index contributed by atoms with van der Waals surface area (Å²) in [6.45, 7) is -1.89.